The zero-order chi connectivity index (χ0) is 20.5. The maximum Gasteiger partial charge on any atom is 0.311 e. The van der Waals surface area contributed by atoms with E-state index in [1.54, 1.807) is 24.3 Å². The zero-order valence-electron chi connectivity index (χ0n) is 16.0. The van der Waals surface area contributed by atoms with Gasteiger partial charge in [-0.1, -0.05) is 36.4 Å². The van der Waals surface area contributed by atoms with Crippen molar-refractivity contribution in [3.05, 3.63) is 93.8 Å². The second-order valence-corrected chi connectivity index (χ2v) is 6.74. The van der Waals surface area contributed by atoms with Gasteiger partial charge in [0, 0.05) is 33.8 Å². The Bertz CT molecular complexity index is 1260. The van der Waals surface area contributed by atoms with Gasteiger partial charge in [-0.05, 0) is 38.1 Å². The Morgan fingerprint density at radius 3 is 2.34 bits per heavy atom. The van der Waals surface area contributed by atoms with Crippen LogP contribution in [0, 0.1) is 24.0 Å². The van der Waals surface area contributed by atoms with Gasteiger partial charge in [0.25, 0.3) is 0 Å². The number of nitro groups is 1. The quantitative estimate of drug-likeness (QED) is 0.248. The Morgan fingerprint density at radius 1 is 0.931 bits per heavy atom. The molecule has 0 aliphatic rings. The summed E-state index contributed by atoms with van der Waals surface area (Å²) in [4.78, 5) is 22.2. The molecule has 6 heteroatoms. The van der Waals surface area contributed by atoms with Crippen LogP contribution in [0.5, 0.6) is 11.5 Å². The fraction of sp³-hybridized carbons (Fsp3) is 0.0870. The van der Waals surface area contributed by atoms with Crippen molar-refractivity contribution in [3.8, 4) is 17.2 Å². The topological polar surface area (TPSA) is 74.4 Å². The molecular formula is C23H18N2O4. The summed E-state index contributed by atoms with van der Waals surface area (Å²) in [6.07, 6.45) is 0.854. The van der Waals surface area contributed by atoms with Gasteiger partial charge in [0.1, 0.15) is 5.75 Å². The molecule has 0 fully saturated rings. The number of carbonyl (C=O) groups is 1. The molecule has 0 N–H and O–H groups in total. The van der Waals surface area contributed by atoms with Gasteiger partial charge < -0.3 is 9.30 Å². The minimum absolute atomic E-state index is 0.0895. The van der Waals surface area contributed by atoms with E-state index in [-0.39, 0.29) is 11.4 Å². The first-order valence-electron chi connectivity index (χ1n) is 9.08. The van der Waals surface area contributed by atoms with Crippen molar-refractivity contribution in [1.29, 1.82) is 0 Å². The number of aromatic nitrogens is 1. The van der Waals surface area contributed by atoms with E-state index in [4.69, 9.17) is 4.74 Å². The molecule has 6 nitrogen and oxygen atoms in total. The highest BCUT2D eigenvalue weighted by Crippen LogP contribution is 2.37. The summed E-state index contributed by atoms with van der Waals surface area (Å²) in [5.41, 5.74) is 3.27. The fourth-order valence-corrected chi connectivity index (χ4v) is 3.64. The molecule has 3 aromatic carbocycles. The Labute approximate surface area is 167 Å². The molecule has 0 saturated heterocycles. The zero-order valence-corrected chi connectivity index (χ0v) is 16.0. The van der Waals surface area contributed by atoms with Crippen molar-refractivity contribution in [1.82, 2.24) is 4.57 Å². The average molecular weight is 386 g/mol. The first kappa shape index (κ1) is 18.4. The molecule has 0 spiro atoms. The lowest BCUT2D eigenvalue weighted by molar-refractivity contribution is -0.385. The van der Waals surface area contributed by atoms with Crippen LogP contribution in [0.25, 0.3) is 16.5 Å². The van der Waals surface area contributed by atoms with E-state index in [1.165, 1.54) is 6.07 Å². The summed E-state index contributed by atoms with van der Waals surface area (Å²) in [6, 6.07) is 19.6. The van der Waals surface area contributed by atoms with Crippen LogP contribution in [0.2, 0.25) is 0 Å². The minimum Gasteiger partial charge on any atom is -0.449 e. The molecule has 0 aliphatic carbocycles. The minimum atomic E-state index is -0.459. The monoisotopic (exact) mass is 386 g/mol. The summed E-state index contributed by atoms with van der Waals surface area (Å²) in [7, 11) is 0. The number of ether oxygens (including phenoxy) is 1. The van der Waals surface area contributed by atoms with E-state index in [1.807, 2.05) is 54.8 Å². The van der Waals surface area contributed by atoms with Crippen LogP contribution in [0.1, 0.15) is 21.7 Å². The van der Waals surface area contributed by atoms with E-state index in [2.05, 4.69) is 0 Å². The first-order valence-corrected chi connectivity index (χ1v) is 9.08. The average Bonchev–Trinajstić information content (AvgIpc) is 3.01. The third-order valence-electron chi connectivity index (χ3n) is 4.98. The van der Waals surface area contributed by atoms with E-state index < -0.39 is 4.92 Å². The molecule has 0 atom stereocenters. The molecule has 144 valence electrons. The predicted molar refractivity (Wildman–Crippen MR) is 111 cm³/mol. The molecule has 0 amide bonds. The molecule has 1 aromatic heterocycles. The molecule has 4 rings (SSSR count). The number of aldehydes is 1. The number of aryl methyl sites for hydroxylation is 1. The number of carbonyl (C=O) groups excluding carboxylic acids is 1. The van der Waals surface area contributed by atoms with Crippen LogP contribution < -0.4 is 4.74 Å². The first-order chi connectivity index (χ1) is 14.0. The van der Waals surface area contributed by atoms with Gasteiger partial charge >= 0.3 is 5.69 Å². The maximum absolute atomic E-state index is 11.3. The van der Waals surface area contributed by atoms with Gasteiger partial charge in [-0.15, -0.1) is 0 Å². The maximum atomic E-state index is 11.3. The smallest absolute Gasteiger partial charge is 0.311 e. The second-order valence-electron chi connectivity index (χ2n) is 6.74. The molecule has 0 unspecified atom stereocenters. The number of para-hydroxylation sites is 2. The van der Waals surface area contributed by atoms with Crippen LogP contribution in [0.15, 0.2) is 66.7 Å². The van der Waals surface area contributed by atoms with Crippen LogP contribution >= 0.6 is 0 Å². The number of nitrogens with zero attached hydrogens (tertiary/aromatic N) is 2. The van der Waals surface area contributed by atoms with E-state index >= 15 is 0 Å². The SMILES string of the molecule is Cc1cc(C=O)c(C)n1-c1cccc2c(Oc3ccccc3[N+](=O)[O-])cccc12. The highest BCUT2D eigenvalue weighted by molar-refractivity contribution is 5.95. The third-order valence-corrected chi connectivity index (χ3v) is 4.98. The molecule has 0 bridgehead atoms. The largest absolute Gasteiger partial charge is 0.449 e. The second kappa shape index (κ2) is 7.24. The lowest BCUT2D eigenvalue weighted by Gasteiger charge is -2.15. The fourth-order valence-electron chi connectivity index (χ4n) is 3.64. The van der Waals surface area contributed by atoms with Gasteiger partial charge in [-0.3, -0.25) is 14.9 Å². The number of nitro benzene ring substituents is 1. The number of fused-ring (bicyclic) bond motifs is 1. The van der Waals surface area contributed by atoms with Gasteiger partial charge in [-0.2, -0.15) is 0 Å². The van der Waals surface area contributed by atoms with E-state index in [0.717, 1.165) is 34.1 Å². The number of hydrogen-bond acceptors (Lipinski definition) is 4. The van der Waals surface area contributed by atoms with Crippen molar-refractivity contribution in [3.63, 3.8) is 0 Å². The lowest BCUT2D eigenvalue weighted by Crippen LogP contribution is -2.01. The Morgan fingerprint density at radius 2 is 1.62 bits per heavy atom. The molecular weight excluding hydrogens is 368 g/mol. The molecule has 0 radical (unpaired) electrons. The Kier molecular flexibility index (Phi) is 4.60. The molecule has 29 heavy (non-hydrogen) atoms. The van der Waals surface area contributed by atoms with Gasteiger partial charge in [0.15, 0.2) is 6.29 Å². The summed E-state index contributed by atoms with van der Waals surface area (Å²) < 4.78 is 7.98. The van der Waals surface area contributed by atoms with E-state index in [9.17, 15) is 14.9 Å². The highest BCUT2D eigenvalue weighted by Gasteiger charge is 2.17. The number of hydrogen-bond donors (Lipinski definition) is 0. The Balaban J connectivity index is 1.89. The lowest BCUT2D eigenvalue weighted by atomic mass is 10.1. The predicted octanol–water partition coefficient (Wildman–Crippen LogP) is 5.76. The highest BCUT2D eigenvalue weighted by atomic mass is 16.6. The van der Waals surface area contributed by atoms with Gasteiger partial charge in [0.2, 0.25) is 5.75 Å². The van der Waals surface area contributed by atoms with Crippen LogP contribution in [-0.4, -0.2) is 15.8 Å². The summed E-state index contributed by atoms with van der Waals surface area (Å²) in [5.74, 6) is 0.712. The molecule has 1 heterocycles. The van der Waals surface area contributed by atoms with Crippen LogP contribution in [0.4, 0.5) is 5.69 Å². The van der Waals surface area contributed by atoms with E-state index in [0.29, 0.717) is 11.3 Å². The molecule has 4 aromatic rings. The molecule has 0 aliphatic heterocycles. The number of benzene rings is 3. The van der Waals surface area contributed by atoms with Crippen molar-refractivity contribution < 1.29 is 14.5 Å². The van der Waals surface area contributed by atoms with Crippen LogP contribution in [-0.2, 0) is 0 Å². The summed E-state index contributed by atoms with van der Waals surface area (Å²) in [6.45, 7) is 3.86. The van der Waals surface area contributed by atoms with Crippen molar-refractivity contribution in [2.75, 3.05) is 0 Å². The van der Waals surface area contributed by atoms with Gasteiger partial charge in [-0.25, -0.2) is 0 Å². The van der Waals surface area contributed by atoms with Crippen molar-refractivity contribution in [2.45, 2.75) is 13.8 Å². The summed E-state index contributed by atoms with van der Waals surface area (Å²) >= 11 is 0. The van der Waals surface area contributed by atoms with Crippen molar-refractivity contribution in [2.24, 2.45) is 0 Å². The third kappa shape index (κ3) is 3.14. The standard InChI is InChI=1S/C23H18N2O4/c1-15-13-17(14-26)16(2)24(15)20-10-5-8-19-18(20)7-6-12-22(19)29-23-11-4-3-9-21(23)25(27)28/h3-14H,1-2H3. The molecule has 0 saturated carbocycles. The summed E-state index contributed by atoms with van der Waals surface area (Å²) in [5, 5.41) is 13.1. The van der Waals surface area contributed by atoms with Crippen LogP contribution in [0.3, 0.4) is 0 Å². The normalized spacial score (nSPS) is 10.8. The Hall–Kier alpha value is -3.93. The van der Waals surface area contributed by atoms with Crippen molar-refractivity contribution >= 4 is 22.7 Å². The van der Waals surface area contributed by atoms with Gasteiger partial charge in [0.05, 0.1) is 10.6 Å². The number of rotatable bonds is 5.